The predicted molar refractivity (Wildman–Crippen MR) is 158 cm³/mol. The van der Waals surface area contributed by atoms with Crippen LogP contribution in [0.15, 0.2) is 90.6 Å². The van der Waals surface area contributed by atoms with E-state index in [1.165, 1.54) is 11.3 Å². The number of carbonyl (C=O) groups excluding carboxylic acids is 2. The van der Waals surface area contributed by atoms with Gasteiger partial charge in [-0.2, -0.15) is 0 Å². The number of amides is 2. The zero-order valence-electron chi connectivity index (χ0n) is 22.9. The second-order valence-corrected chi connectivity index (χ2v) is 11.0. The molecule has 4 aromatic rings. The fourth-order valence-corrected chi connectivity index (χ4v) is 5.71. The van der Waals surface area contributed by atoms with Gasteiger partial charge in [0.15, 0.2) is 6.04 Å². The van der Waals surface area contributed by atoms with Crippen LogP contribution in [0.25, 0.3) is 11.1 Å². The number of carboxylic acids is 1. The lowest BCUT2D eigenvalue weighted by Crippen LogP contribution is -2.55. The maximum atomic E-state index is 13.4. The van der Waals surface area contributed by atoms with E-state index < -0.39 is 36.2 Å². The number of carbonyl (C=O) groups is 3. The molecular weight excluding hydrogens is 554 g/mol. The van der Waals surface area contributed by atoms with Crippen LogP contribution in [0.5, 0.6) is 0 Å². The molecular formula is C32H31N3O6S. The molecule has 1 aliphatic carbocycles. The number of aliphatic carboxylic acids is 1. The highest BCUT2D eigenvalue weighted by molar-refractivity contribution is 7.09. The SMILES string of the molecule is CC(OCc1ccccc1)C(NC(=O)C(Cc1cncs1)NC(=O)OCC1c2ccccc2-c2ccccc21)C(=O)O. The Morgan fingerprint density at radius 1 is 0.929 bits per heavy atom. The minimum atomic E-state index is -1.34. The lowest BCUT2D eigenvalue weighted by molar-refractivity contribution is -0.146. The molecule has 0 saturated heterocycles. The average Bonchev–Trinajstić information content (AvgIpc) is 3.63. The lowest BCUT2D eigenvalue weighted by Gasteiger charge is -2.25. The zero-order chi connectivity index (χ0) is 29.5. The molecule has 3 N–H and O–H groups in total. The fraction of sp³-hybridized carbons (Fsp3) is 0.250. The molecule has 10 heteroatoms. The fourth-order valence-electron chi connectivity index (χ4n) is 5.07. The molecule has 216 valence electrons. The minimum Gasteiger partial charge on any atom is -0.480 e. The maximum Gasteiger partial charge on any atom is 0.407 e. The quantitative estimate of drug-likeness (QED) is 0.219. The van der Waals surface area contributed by atoms with Crippen LogP contribution in [0.4, 0.5) is 4.79 Å². The van der Waals surface area contributed by atoms with Crippen molar-refractivity contribution < 1.29 is 29.0 Å². The van der Waals surface area contributed by atoms with E-state index in [-0.39, 0.29) is 25.6 Å². The number of hydrogen-bond donors (Lipinski definition) is 3. The van der Waals surface area contributed by atoms with Gasteiger partial charge in [-0.25, -0.2) is 9.59 Å². The van der Waals surface area contributed by atoms with Crippen LogP contribution >= 0.6 is 11.3 Å². The molecule has 3 unspecified atom stereocenters. The van der Waals surface area contributed by atoms with Crippen LogP contribution < -0.4 is 10.6 Å². The molecule has 0 radical (unpaired) electrons. The smallest absolute Gasteiger partial charge is 0.407 e. The molecule has 3 atom stereocenters. The van der Waals surface area contributed by atoms with E-state index in [9.17, 15) is 19.5 Å². The first-order valence-electron chi connectivity index (χ1n) is 13.6. The number of benzene rings is 3. The van der Waals surface area contributed by atoms with Gasteiger partial charge in [0.05, 0.1) is 18.2 Å². The van der Waals surface area contributed by atoms with Gasteiger partial charge in [-0.3, -0.25) is 9.78 Å². The van der Waals surface area contributed by atoms with Crippen molar-refractivity contribution in [3.63, 3.8) is 0 Å². The third-order valence-electron chi connectivity index (χ3n) is 7.23. The largest absolute Gasteiger partial charge is 0.480 e. The Balaban J connectivity index is 1.24. The molecule has 0 aliphatic heterocycles. The predicted octanol–water partition coefficient (Wildman–Crippen LogP) is 4.77. The van der Waals surface area contributed by atoms with Crippen molar-refractivity contribution in [1.29, 1.82) is 0 Å². The van der Waals surface area contributed by atoms with Gasteiger partial charge in [-0.05, 0) is 34.7 Å². The number of hydrogen-bond acceptors (Lipinski definition) is 7. The van der Waals surface area contributed by atoms with E-state index in [0.29, 0.717) is 0 Å². The molecule has 1 aromatic heterocycles. The first kappa shape index (κ1) is 29.0. The van der Waals surface area contributed by atoms with Crippen LogP contribution in [-0.2, 0) is 32.1 Å². The molecule has 0 bridgehead atoms. The lowest BCUT2D eigenvalue weighted by atomic mass is 9.98. The van der Waals surface area contributed by atoms with E-state index in [1.54, 1.807) is 18.6 Å². The van der Waals surface area contributed by atoms with Crippen LogP contribution in [0.3, 0.4) is 0 Å². The van der Waals surface area contributed by atoms with E-state index in [0.717, 1.165) is 32.7 Å². The number of rotatable bonds is 12. The average molecular weight is 586 g/mol. The Kier molecular flexibility index (Phi) is 9.25. The number of fused-ring (bicyclic) bond motifs is 3. The van der Waals surface area contributed by atoms with Crippen molar-refractivity contribution in [2.24, 2.45) is 0 Å². The number of nitrogens with zero attached hydrogens (tertiary/aromatic N) is 1. The van der Waals surface area contributed by atoms with E-state index in [4.69, 9.17) is 9.47 Å². The summed E-state index contributed by atoms with van der Waals surface area (Å²) >= 11 is 1.33. The zero-order valence-corrected chi connectivity index (χ0v) is 23.8. The normalized spacial score (nSPS) is 14.2. The number of nitrogens with one attached hydrogen (secondary N) is 2. The summed E-state index contributed by atoms with van der Waals surface area (Å²) in [5, 5.41) is 15.0. The van der Waals surface area contributed by atoms with Gasteiger partial charge in [-0.1, -0.05) is 78.9 Å². The molecule has 0 spiro atoms. The summed E-state index contributed by atoms with van der Waals surface area (Å²) in [5.74, 6) is -2.06. The van der Waals surface area contributed by atoms with Crippen LogP contribution in [0, 0.1) is 0 Å². The first-order chi connectivity index (χ1) is 20.4. The van der Waals surface area contributed by atoms with Crippen molar-refractivity contribution >= 4 is 29.3 Å². The maximum absolute atomic E-state index is 13.4. The Bertz CT molecular complexity index is 1480. The molecule has 2 amide bonds. The number of thiazole rings is 1. The van der Waals surface area contributed by atoms with Gasteiger partial charge in [0.2, 0.25) is 5.91 Å². The van der Waals surface area contributed by atoms with E-state index in [2.05, 4.69) is 15.6 Å². The molecule has 1 aliphatic rings. The molecule has 0 fully saturated rings. The molecule has 0 saturated carbocycles. The molecule has 1 heterocycles. The summed E-state index contributed by atoms with van der Waals surface area (Å²) in [5.41, 5.74) is 6.84. The van der Waals surface area contributed by atoms with Crippen molar-refractivity contribution in [2.45, 2.75) is 44.1 Å². The molecule has 3 aromatic carbocycles. The summed E-state index contributed by atoms with van der Waals surface area (Å²) in [4.78, 5) is 43.3. The van der Waals surface area contributed by atoms with Gasteiger partial charge in [0, 0.05) is 23.4 Å². The van der Waals surface area contributed by atoms with E-state index >= 15 is 0 Å². The summed E-state index contributed by atoms with van der Waals surface area (Å²) < 4.78 is 11.4. The second-order valence-electron chi connectivity index (χ2n) is 10.0. The Labute approximate surface area is 247 Å². The summed E-state index contributed by atoms with van der Waals surface area (Å²) in [6.45, 7) is 1.85. The highest BCUT2D eigenvalue weighted by Gasteiger charge is 2.33. The molecule has 5 rings (SSSR count). The summed E-state index contributed by atoms with van der Waals surface area (Å²) in [7, 11) is 0. The number of alkyl carbamates (subject to hydrolysis) is 1. The monoisotopic (exact) mass is 585 g/mol. The third-order valence-corrected chi connectivity index (χ3v) is 8.03. The van der Waals surface area contributed by atoms with Crippen LogP contribution in [0.1, 0.15) is 34.4 Å². The van der Waals surface area contributed by atoms with Crippen LogP contribution in [0.2, 0.25) is 0 Å². The number of aromatic nitrogens is 1. The standard InChI is InChI=1S/C32H31N3O6S/c1-20(40-17-21-9-3-2-4-10-21)29(31(37)38)35-30(36)28(15-22-16-33-19-42-22)34-32(39)41-18-27-25-13-7-5-11-23(25)24-12-6-8-14-26(24)27/h2-14,16,19-20,27-29H,15,17-18H2,1H3,(H,34,39)(H,35,36)(H,37,38). The topological polar surface area (TPSA) is 127 Å². The molecule has 42 heavy (non-hydrogen) atoms. The number of carboxylic acid groups (broad SMARTS) is 1. The van der Waals surface area contributed by atoms with Crippen molar-refractivity contribution in [1.82, 2.24) is 15.6 Å². The summed E-state index contributed by atoms with van der Waals surface area (Å²) in [6.07, 6.45) is 0.101. The van der Waals surface area contributed by atoms with Crippen molar-refractivity contribution in [3.05, 3.63) is 112 Å². The number of ether oxygens (including phenoxy) is 2. The highest BCUT2D eigenvalue weighted by atomic mass is 32.1. The van der Waals surface area contributed by atoms with Gasteiger partial charge in [0.25, 0.3) is 0 Å². The van der Waals surface area contributed by atoms with Gasteiger partial charge >= 0.3 is 12.1 Å². The van der Waals surface area contributed by atoms with Gasteiger partial charge in [0.1, 0.15) is 12.6 Å². The third kappa shape index (κ3) is 6.84. The first-order valence-corrected chi connectivity index (χ1v) is 14.5. The van der Waals surface area contributed by atoms with Gasteiger partial charge in [-0.15, -0.1) is 11.3 Å². The minimum absolute atomic E-state index is 0.0802. The van der Waals surface area contributed by atoms with Gasteiger partial charge < -0.3 is 25.2 Å². The highest BCUT2D eigenvalue weighted by Crippen LogP contribution is 2.44. The van der Waals surface area contributed by atoms with Crippen LogP contribution in [-0.4, -0.2) is 52.9 Å². The second kappa shape index (κ2) is 13.4. The molecule has 9 nitrogen and oxygen atoms in total. The Morgan fingerprint density at radius 2 is 1.57 bits per heavy atom. The Morgan fingerprint density at radius 3 is 2.19 bits per heavy atom. The Hall–Kier alpha value is -4.54. The summed E-state index contributed by atoms with van der Waals surface area (Å²) in [6, 6.07) is 22.9. The van der Waals surface area contributed by atoms with Crippen molar-refractivity contribution in [3.8, 4) is 11.1 Å². The van der Waals surface area contributed by atoms with Crippen molar-refractivity contribution in [2.75, 3.05) is 6.61 Å². The van der Waals surface area contributed by atoms with E-state index in [1.807, 2.05) is 78.9 Å².